The standard InChI is InChI=1S/C13H17F3N2/c14-13(15,16)6-8-18-9-7-17-12(10-18)11-4-2-1-3-5-11/h1-5,12,17H,6-10H2. The number of piperazine rings is 1. The van der Waals surface area contributed by atoms with Crippen LogP contribution in [0, 0.1) is 0 Å². The van der Waals surface area contributed by atoms with E-state index in [0.29, 0.717) is 13.1 Å². The van der Waals surface area contributed by atoms with Crippen LogP contribution in [0.2, 0.25) is 0 Å². The van der Waals surface area contributed by atoms with Crippen LogP contribution >= 0.6 is 0 Å². The summed E-state index contributed by atoms with van der Waals surface area (Å²) in [6.07, 6.45) is -4.79. The number of rotatable bonds is 3. The van der Waals surface area contributed by atoms with Gasteiger partial charge in [-0.1, -0.05) is 30.3 Å². The van der Waals surface area contributed by atoms with E-state index < -0.39 is 12.6 Å². The Kier molecular flexibility index (Phi) is 4.24. The first-order valence-electron chi connectivity index (χ1n) is 6.12. The van der Waals surface area contributed by atoms with Crippen LogP contribution in [0.1, 0.15) is 18.0 Å². The Morgan fingerprint density at radius 3 is 2.61 bits per heavy atom. The molecule has 1 heterocycles. The molecule has 1 unspecified atom stereocenters. The molecule has 18 heavy (non-hydrogen) atoms. The van der Waals surface area contributed by atoms with E-state index >= 15 is 0 Å². The molecule has 1 atom stereocenters. The summed E-state index contributed by atoms with van der Waals surface area (Å²) in [6.45, 7) is 2.14. The molecule has 0 bridgehead atoms. The van der Waals surface area contributed by atoms with Gasteiger partial charge >= 0.3 is 6.18 Å². The Labute approximate surface area is 105 Å². The van der Waals surface area contributed by atoms with Crippen molar-refractivity contribution in [2.45, 2.75) is 18.6 Å². The highest BCUT2D eigenvalue weighted by Crippen LogP contribution is 2.22. The van der Waals surface area contributed by atoms with Crippen LogP contribution in [0.25, 0.3) is 0 Å². The molecule has 0 saturated carbocycles. The number of nitrogens with zero attached hydrogens (tertiary/aromatic N) is 1. The van der Waals surface area contributed by atoms with Crippen molar-refractivity contribution in [3.05, 3.63) is 35.9 Å². The minimum Gasteiger partial charge on any atom is -0.308 e. The van der Waals surface area contributed by atoms with Gasteiger partial charge in [0.2, 0.25) is 0 Å². The molecule has 0 spiro atoms. The molecule has 1 aliphatic heterocycles. The van der Waals surface area contributed by atoms with Gasteiger partial charge in [0.15, 0.2) is 0 Å². The molecular formula is C13H17F3N2. The maximum absolute atomic E-state index is 12.2. The Hall–Kier alpha value is -1.07. The lowest BCUT2D eigenvalue weighted by atomic mass is 10.0. The predicted molar refractivity (Wildman–Crippen MR) is 64.3 cm³/mol. The second kappa shape index (κ2) is 5.71. The van der Waals surface area contributed by atoms with Gasteiger partial charge in [0.25, 0.3) is 0 Å². The quantitative estimate of drug-likeness (QED) is 0.896. The minimum atomic E-state index is -4.06. The number of halogens is 3. The van der Waals surface area contributed by atoms with Crippen molar-refractivity contribution in [1.82, 2.24) is 10.2 Å². The summed E-state index contributed by atoms with van der Waals surface area (Å²) in [5, 5.41) is 3.34. The summed E-state index contributed by atoms with van der Waals surface area (Å²) in [4.78, 5) is 1.88. The number of benzene rings is 1. The van der Waals surface area contributed by atoms with Crippen molar-refractivity contribution in [2.24, 2.45) is 0 Å². The van der Waals surface area contributed by atoms with Gasteiger partial charge in [-0.2, -0.15) is 13.2 Å². The lowest BCUT2D eigenvalue weighted by Gasteiger charge is -2.34. The Balaban J connectivity index is 1.89. The molecule has 5 heteroatoms. The van der Waals surface area contributed by atoms with Gasteiger partial charge in [-0.05, 0) is 5.56 Å². The summed E-state index contributed by atoms with van der Waals surface area (Å²) in [7, 11) is 0. The summed E-state index contributed by atoms with van der Waals surface area (Å²) in [5.74, 6) is 0. The van der Waals surface area contributed by atoms with Crippen LogP contribution in [0.4, 0.5) is 13.2 Å². The fourth-order valence-electron chi connectivity index (χ4n) is 2.21. The topological polar surface area (TPSA) is 15.3 Å². The van der Waals surface area contributed by atoms with E-state index in [-0.39, 0.29) is 12.6 Å². The normalized spacial score (nSPS) is 22.1. The van der Waals surface area contributed by atoms with E-state index in [9.17, 15) is 13.2 Å². The predicted octanol–water partition coefficient (Wildman–Crippen LogP) is 2.59. The Bertz CT molecular complexity index is 364. The molecule has 0 amide bonds. The van der Waals surface area contributed by atoms with E-state index in [2.05, 4.69) is 5.32 Å². The fourth-order valence-corrected chi connectivity index (χ4v) is 2.21. The third kappa shape index (κ3) is 3.99. The van der Waals surface area contributed by atoms with Crippen molar-refractivity contribution in [3.8, 4) is 0 Å². The zero-order chi connectivity index (χ0) is 13.0. The maximum atomic E-state index is 12.2. The first-order valence-corrected chi connectivity index (χ1v) is 6.12. The van der Waals surface area contributed by atoms with E-state index in [1.807, 2.05) is 35.2 Å². The van der Waals surface area contributed by atoms with Crippen LogP contribution in [0.15, 0.2) is 30.3 Å². The van der Waals surface area contributed by atoms with Crippen molar-refractivity contribution < 1.29 is 13.2 Å². The molecule has 1 N–H and O–H groups in total. The molecule has 1 saturated heterocycles. The summed E-state index contributed by atoms with van der Waals surface area (Å²) < 4.78 is 36.6. The summed E-state index contributed by atoms with van der Waals surface area (Å²) in [5.41, 5.74) is 1.13. The molecule has 2 rings (SSSR count). The van der Waals surface area contributed by atoms with Crippen molar-refractivity contribution in [2.75, 3.05) is 26.2 Å². The van der Waals surface area contributed by atoms with E-state index in [1.165, 1.54) is 0 Å². The van der Waals surface area contributed by atoms with Crippen LogP contribution in [-0.2, 0) is 0 Å². The highest BCUT2D eigenvalue weighted by atomic mass is 19.4. The highest BCUT2D eigenvalue weighted by molar-refractivity contribution is 5.19. The van der Waals surface area contributed by atoms with Gasteiger partial charge < -0.3 is 5.32 Å². The average Bonchev–Trinajstić information content (AvgIpc) is 2.37. The monoisotopic (exact) mass is 258 g/mol. The number of hydrogen-bond acceptors (Lipinski definition) is 2. The molecular weight excluding hydrogens is 241 g/mol. The van der Waals surface area contributed by atoms with Gasteiger partial charge in [-0.3, -0.25) is 4.90 Å². The minimum absolute atomic E-state index is 0.0918. The first kappa shape index (κ1) is 13.4. The number of alkyl halides is 3. The zero-order valence-electron chi connectivity index (χ0n) is 10.1. The molecule has 1 aromatic carbocycles. The lowest BCUT2D eigenvalue weighted by molar-refractivity contribution is -0.138. The smallest absolute Gasteiger partial charge is 0.308 e. The van der Waals surface area contributed by atoms with Crippen molar-refractivity contribution in [1.29, 1.82) is 0 Å². The van der Waals surface area contributed by atoms with Gasteiger partial charge in [-0.25, -0.2) is 0 Å². The SMILES string of the molecule is FC(F)(F)CCN1CCNC(c2ccccc2)C1. The highest BCUT2D eigenvalue weighted by Gasteiger charge is 2.29. The maximum Gasteiger partial charge on any atom is 0.390 e. The molecule has 1 aliphatic rings. The van der Waals surface area contributed by atoms with E-state index in [0.717, 1.165) is 12.1 Å². The number of nitrogens with one attached hydrogen (secondary N) is 1. The van der Waals surface area contributed by atoms with E-state index in [4.69, 9.17) is 0 Å². The Morgan fingerprint density at radius 2 is 1.94 bits per heavy atom. The largest absolute Gasteiger partial charge is 0.390 e. The third-order valence-corrected chi connectivity index (χ3v) is 3.17. The first-order chi connectivity index (χ1) is 8.54. The fraction of sp³-hybridized carbons (Fsp3) is 0.538. The van der Waals surface area contributed by atoms with Crippen LogP contribution in [0.3, 0.4) is 0 Å². The molecule has 1 aromatic rings. The lowest BCUT2D eigenvalue weighted by Crippen LogP contribution is -2.46. The molecule has 0 aromatic heterocycles. The summed E-state index contributed by atoms with van der Waals surface area (Å²) in [6, 6.07) is 9.98. The molecule has 0 radical (unpaired) electrons. The van der Waals surface area contributed by atoms with Gasteiger partial charge in [0, 0.05) is 32.2 Å². The third-order valence-electron chi connectivity index (χ3n) is 3.17. The van der Waals surface area contributed by atoms with Gasteiger partial charge in [0.05, 0.1) is 6.42 Å². The summed E-state index contributed by atoms with van der Waals surface area (Å²) >= 11 is 0. The molecule has 2 nitrogen and oxygen atoms in total. The zero-order valence-corrected chi connectivity index (χ0v) is 10.1. The van der Waals surface area contributed by atoms with E-state index in [1.54, 1.807) is 0 Å². The second-order valence-corrected chi connectivity index (χ2v) is 4.58. The second-order valence-electron chi connectivity index (χ2n) is 4.58. The van der Waals surface area contributed by atoms with Crippen molar-refractivity contribution in [3.63, 3.8) is 0 Å². The van der Waals surface area contributed by atoms with Crippen LogP contribution < -0.4 is 5.32 Å². The average molecular weight is 258 g/mol. The molecule has 100 valence electrons. The van der Waals surface area contributed by atoms with Crippen LogP contribution in [-0.4, -0.2) is 37.3 Å². The van der Waals surface area contributed by atoms with Gasteiger partial charge in [0.1, 0.15) is 0 Å². The molecule has 0 aliphatic carbocycles. The van der Waals surface area contributed by atoms with Gasteiger partial charge in [-0.15, -0.1) is 0 Å². The van der Waals surface area contributed by atoms with Crippen LogP contribution in [0.5, 0.6) is 0 Å². The Morgan fingerprint density at radius 1 is 1.22 bits per heavy atom. The molecule has 1 fully saturated rings. The number of hydrogen-bond donors (Lipinski definition) is 1. The van der Waals surface area contributed by atoms with Crippen molar-refractivity contribution >= 4 is 0 Å².